The van der Waals surface area contributed by atoms with E-state index in [1.807, 2.05) is 49.4 Å². The van der Waals surface area contributed by atoms with Crippen molar-refractivity contribution >= 4 is 17.5 Å². The maximum atomic E-state index is 5.18. The highest BCUT2D eigenvalue weighted by Crippen LogP contribution is 2.18. The van der Waals surface area contributed by atoms with E-state index in [4.69, 9.17) is 4.74 Å². The van der Waals surface area contributed by atoms with Crippen molar-refractivity contribution in [1.82, 2.24) is 9.97 Å². The van der Waals surface area contributed by atoms with Crippen LogP contribution < -0.4 is 15.4 Å². The molecule has 0 amide bonds. The first-order valence-corrected chi connectivity index (χ1v) is 8.18. The molecular formula is C20H22N4O. The zero-order valence-corrected chi connectivity index (χ0v) is 14.7. The standard InChI is InChI=1S/C20H22N4O/c1-14-5-4-6-17(11-14)23-19-12-15(2)22-20(24-19)21-13-16-7-9-18(25-3)10-8-16/h4-12H,13H2,1-3H3,(H2,21,22,23,24). The first kappa shape index (κ1) is 16.8. The highest BCUT2D eigenvalue weighted by atomic mass is 16.5. The van der Waals surface area contributed by atoms with Crippen LogP contribution in [0.25, 0.3) is 0 Å². The molecule has 3 rings (SSSR count). The Morgan fingerprint density at radius 1 is 0.960 bits per heavy atom. The zero-order valence-electron chi connectivity index (χ0n) is 14.7. The van der Waals surface area contributed by atoms with Crippen LogP contribution in [-0.2, 0) is 6.54 Å². The van der Waals surface area contributed by atoms with Gasteiger partial charge in [0.1, 0.15) is 11.6 Å². The van der Waals surface area contributed by atoms with Gasteiger partial charge in [0.25, 0.3) is 0 Å². The second kappa shape index (κ2) is 7.66. The first-order valence-electron chi connectivity index (χ1n) is 8.18. The average molecular weight is 334 g/mol. The Kier molecular flexibility index (Phi) is 5.14. The number of hydrogen-bond acceptors (Lipinski definition) is 5. The average Bonchev–Trinajstić information content (AvgIpc) is 2.60. The van der Waals surface area contributed by atoms with Gasteiger partial charge >= 0.3 is 0 Å². The molecule has 128 valence electrons. The second-order valence-corrected chi connectivity index (χ2v) is 5.91. The first-order chi connectivity index (χ1) is 12.1. The summed E-state index contributed by atoms with van der Waals surface area (Å²) in [4.78, 5) is 9.00. The number of aromatic nitrogens is 2. The maximum Gasteiger partial charge on any atom is 0.225 e. The number of anilines is 3. The van der Waals surface area contributed by atoms with Gasteiger partial charge < -0.3 is 15.4 Å². The van der Waals surface area contributed by atoms with Gasteiger partial charge in [-0.15, -0.1) is 0 Å². The van der Waals surface area contributed by atoms with Crippen molar-refractivity contribution in [2.75, 3.05) is 17.7 Å². The summed E-state index contributed by atoms with van der Waals surface area (Å²) in [6.07, 6.45) is 0. The molecule has 0 radical (unpaired) electrons. The molecule has 0 bridgehead atoms. The van der Waals surface area contributed by atoms with E-state index in [-0.39, 0.29) is 0 Å². The summed E-state index contributed by atoms with van der Waals surface area (Å²) in [5.41, 5.74) is 4.26. The molecule has 0 aliphatic carbocycles. The summed E-state index contributed by atoms with van der Waals surface area (Å²) in [7, 11) is 1.66. The number of benzene rings is 2. The summed E-state index contributed by atoms with van der Waals surface area (Å²) in [6, 6.07) is 18.1. The van der Waals surface area contributed by atoms with Crippen molar-refractivity contribution in [2.45, 2.75) is 20.4 Å². The third-order valence-corrected chi connectivity index (χ3v) is 3.75. The normalized spacial score (nSPS) is 10.4. The Balaban J connectivity index is 1.70. The molecule has 0 saturated carbocycles. The van der Waals surface area contributed by atoms with Crippen LogP contribution in [0.4, 0.5) is 17.5 Å². The highest BCUT2D eigenvalue weighted by Gasteiger charge is 2.04. The number of methoxy groups -OCH3 is 1. The topological polar surface area (TPSA) is 59.1 Å². The van der Waals surface area contributed by atoms with Crippen LogP contribution in [0.2, 0.25) is 0 Å². The minimum atomic E-state index is 0.603. The Hall–Kier alpha value is -3.08. The van der Waals surface area contributed by atoms with E-state index in [1.54, 1.807) is 7.11 Å². The molecule has 25 heavy (non-hydrogen) atoms. The molecule has 0 unspecified atom stereocenters. The third-order valence-electron chi connectivity index (χ3n) is 3.75. The third kappa shape index (κ3) is 4.70. The van der Waals surface area contributed by atoms with E-state index in [0.717, 1.165) is 28.5 Å². The van der Waals surface area contributed by atoms with E-state index < -0.39 is 0 Å². The number of aryl methyl sites for hydroxylation is 2. The summed E-state index contributed by atoms with van der Waals surface area (Å²) < 4.78 is 5.18. The Morgan fingerprint density at radius 3 is 2.48 bits per heavy atom. The summed E-state index contributed by atoms with van der Waals surface area (Å²) in [5.74, 6) is 2.22. The predicted molar refractivity (Wildman–Crippen MR) is 102 cm³/mol. The quantitative estimate of drug-likeness (QED) is 0.697. The van der Waals surface area contributed by atoms with Gasteiger partial charge in [-0.2, -0.15) is 4.98 Å². The van der Waals surface area contributed by atoms with Gasteiger partial charge in [-0.05, 0) is 49.2 Å². The van der Waals surface area contributed by atoms with E-state index in [2.05, 4.69) is 39.7 Å². The monoisotopic (exact) mass is 334 g/mol. The molecule has 1 aromatic heterocycles. The van der Waals surface area contributed by atoms with Gasteiger partial charge in [0.15, 0.2) is 0 Å². The van der Waals surface area contributed by atoms with Crippen LogP contribution in [0.1, 0.15) is 16.8 Å². The summed E-state index contributed by atoms with van der Waals surface area (Å²) in [6.45, 7) is 4.68. The number of nitrogens with one attached hydrogen (secondary N) is 2. The smallest absolute Gasteiger partial charge is 0.225 e. The van der Waals surface area contributed by atoms with Gasteiger partial charge in [0, 0.05) is 24.0 Å². The number of nitrogens with zero attached hydrogens (tertiary/aromatic N) is 2. The Labute approximate surface area is 148 Å². The molecule has 5 nitrogen and oxygen atoms in total. The van der Waals surface area contributed by atoms with Crippen molar-refractivity contribution < 1.29 is 4.74 Å². The number of hydrogen-bond donors (Lipinski definition) is 2. The van der Waals surface area contributed by atoms with Gasteiger partial charge in [0.05, 0.1) is 7.11 Å². The van der Waals surface area contributed by atoms with Crippen molar-refractivity contribution in [1.29, 1.82) is 0 Å². The summed E-state index contributed by atoms with van der Waals surface area (Å²) >= 11 is 0. The van der Waals surface area contributed by atoms with Crippen LogP contribution in [-0.4, -0.2) is 17.1 Å². The summed E-state index contributed by atoms with van der Waals surface area (Å²) in [5, 5.41) is 6.61. The van der Waals surface area contributed by atoms with Crippen molar-refractivity contribution in [3.63, 3.8) is 0 Å². The minimum Gasteiger partial charge on any atom is -0.497 e. The van der Waals surface area contributed by atoms with Gasteiger partial charge in [-0.1, -0.05) is 24.3 Å². The lowest BCUT2D eigenvalue weighted by Gasteiger charge is -2.11. The lowest BCUT2D eigenvalue weighted by atomic mass is 10.2. The molecule has 3 aromatic rings. The minimum absolute atomic E-state index is 0.603. The fourth-order valence-corrected chi connectivity index (χ4v) is 2.51. The molecule has 2 aromatic carbocycles. The van der Waals surface area contributed by atoms with Crippen molar-refractivity contribution in [2.24, 2.45) is 0 Å². The number of rotatable bonds is 6. The fraction of sp³-hybridized carbons (Fsp3) is 0.200. The van der Waals surface area contributed by atoms with Crippen LogP contribution in [0.5, 0.6) is 5.75 Å². The molecule has 1 heterocycles. The largest absolute Gasteiger partial charge is 0.497 e. The fourth-order valence-electron chi connectivity index (χ4n) is 2.51. The molecule has 2 N–H and O–H groups in total. The molecule has 0 saturated heterocycles. The molecule has 0 aliphatic rings. The molecule has 5 heteroatoms. The molecular weight excluding hydrogens is 312 g/mol. The highest BCUT2D eigenvalue weighted by molar-refractivity contribution is 5.58. The zero-order chi connectivity index (χ0) is 17.6. The van der Waals surface area contributed by atoms with Crippen LogP contribution >= 0.6 is 0 Å². The van der Waals surface area contributed by atoms with Crippen LogP contribution in [0.3, 0.4) is 0 Å². The van der Waals surface area contributed by atoms with Crippen LogP contribution in [0, 0.1) is 13.8 Å². The lowest BCUT2D eigenvalue weighted by Crippen LogP contribution is -2.06. The van der Waals surface area contributed by atoms with Gasteiger partial charge in [-0.3, -0.25) is 0 Å². The molecule has 0 atom stereocenters. The van der Waals surface area contributed by atoms with E-state index in [0.29, 0.717) is 12.5 Å². The van der Waals surface area contributed by atoms with E-state index in [1.165, 1.54) is 5.56 Å². The second-order valence-electron chi connectivity index (χ2n) is 5.91. The molecule has 0 fully saturated rings. The van der Waals surface area contributed by atoms with Crippen molar-refractivity contribution in [3.8, 4) is 5.75 Å². The SMILES string of the molecule is COc1ccc(CNc2nc(C)cc(Nc3cccc(C)c3)n2)cc1. The molecule has 0 aliphatic heterocycles. The number of ether oxygens (including phenoxy) is 1. The maximum absolute atomic E-state index is 5.18. The van der Waals surface area contributed by atoms with E-state index >= 15 is 0 Å². The lowest BCUT2D eigenvalue weighted by molar-refractivity contribution is 0.414. The van der Waals surface area contributed by atoms with Gasteiger partial charge in [-0.25, -0.2) is 4.98 Å². The van der Waals surface area contributed by atoms with Crippen LogP contribution in [0.15, 0.2) is 54.6 Å². The van der Waals surface area contributed by atoms with Gasteiger partial charge in [0.2, 0.25) is 5.95 Å². The Morgan fingerprint density at radius 2 is 1.76 bits per heavy atom. The predicted octanol–water partition coefficient (Wildman–Crippen LogP) is 4.46. The molecule has 0 spiro atoms. The Bertz CT molecular complexity index is 847. The van der Waals surface area contributed by atoms with E-state index in [9.17, 15) is 0 Å². The van der Waals surface area contributed by atoms with Crippen molar-refractivity contribution in [3.05, 3.63) is 71.4 Å².